The highest BCUT2D eigenvalue weighted by atomic mass is 32.1. The van der Waals surface area contributed by atoms with Crippen LogP contribution in [0, 0.1) is 0 Å². The van der Waals surface area contributed by atoms with Crippen LogP contribution in [0.1, 0.15) is 25.8 Å². The van der Waals surface area contributed by atoms with Gasteiger partial charge in [-0.1, -0.05) is 0 Å². The van der Waals surface area contributed by atoms with Crippen molar-refractivity contribution in [3.8, 4) is 0 Å². The molecule has 2 aromatic rings. The zero-order valence-corrected chi connectivity index (χ0v) is 9.47. The molecule has 3 nitrogen and oxygen atoms in total. The van der Waals surface area contributed by atoms with E-state index in [1.165, 1.54) is 10.4 Å². The normalized spacial score (nSPS) is 14.8. The molecule has 0 amide bonds. The highest BCUT2D eigenvalue weighted by Gasteiger charge is 2.18. The third-order valence-corrected chi connectivity index (χ3v) is 3.93. The van der Waals surface area contributed by atoms with Crippen LogP contribution >= 0.6 is 11.3 Å². The minimum atomic E-state index is 0.0735. The van der Waals surface area contributed by atoms with Crippen molar-refractivity contribution in [3.05, 3.63) is 45.4 Å². The van der Waals surface area contributed by atoms with E-state index in [0.717, 1.165) is 17.9 Å². The minimum absolute atomic E-state index is 0.0735. The van der Waals surface area contributed by atoms with E-state index in [4.69, 9.17) is 4.74 Å². The van der Waals surface area contributed by atoms with E-state index < -0.39 is 0 Å². The number of ketones is 1. The van der Waals surface area contributed by atoms with E-state index in [1.807, 2.05) is 12.1 Å². The quantitative estimate of drug-likeness (QED) is 0.809. The third kappa shape index (κ3) is 1.60. The van der Waals surface area contributed by atoms with Crippen molar-refractivity contribution >= 4 is 17.1 Å². The van der Waals surface area contributed by atoms with Crippen LogP contribution in [0.4, 0.5) is 0 Å². The van der Waals surface area contributed by atoms with Gasteiger partial charge in [0.15, 0.2) is 0 Å². The monoisotopic (exact) mass is 233 g/mol. The Kier molecular flexibility index (Phi) is 2.38. The number of fused-ring (bicyclic) bond motifs is 1. The van der Waals surface area contributed by atoms with Gasteiger partial charge in [0, 0.05) is 17.5 Å². The van der Waals surface area contributed by atoms with Gasteiger partial charge in [-0.2, -0.15) is 0 Å². The number of hydrogen-bond acceptors (Lipinski definition) is 3. The van der Waals surface area contributed by atoms with Crippen molar-refractivity contribution in [1.82, 2.24) is 4.98 Å². The summed E-state index contributed by atoms with van der Waals surface area (Å²) in [6.45, 7) is 1.41. The summed E-state index contributed by atoms with van der Waals surface area (Å²) < 4.78 is 5.37. The molecule has 3 heterocycles. The molecule has 2 aromatic heterocycles. The molecule has 4 heteroatoms. The summed E-state index contributed by atoms with van der Waals surface area (Å²) in [5, 5.41) is 0. The fourth-order valence-electron chi connectivity index (χ4n) is 1.86. The van der Waals surface area contributed by atoms with Gasteiger partial charge >= 0.3 is 0 Å². The average molecular weight is 233 g/mol. The van der Waals surface area contributed by atoms with Crippen molar-refractivity contribution in [2.45, 2.75) is 13.0 Å². The molecular formula is C12H11NO2S. The predicted molar refractivity (Wildman–Crippen MR) is 61.9 cm³/mol. The molecule has 0 aromatic carbocycles. The molecule has 82 valence electrons. The second-order valence-electron chi connectivity index (χ2n) is 3.77. The Hall–Kier alpha value is -1.39. The molecule has 0 saturated carbocycles. The number of carbonyl (C=O) groups excluding carboxylic acids is 1. The fraction of sp³-hybridized carbons (Fsp3) is 0.250. The molecule has 0 aliphatic carbocycles. The average Bonchev–Trinajstić information content (AvgIpc) is 2.97. The van der Waals surface area contributed by atoms with Crippen LogP contribution in [0.15, 0.2) is 24.4 Å². The minimum Gasteiger partial charge on any atom is -0.376 e. The lowest BCUT2D eigenvalue weighted by Crippen LogP contribution is -2.05. The van der Waals surface area contributed by atoms with E-state index >= 15 is 0 Å². The molecule has 0 fully saturated rings. The number of carbonyl (C=O) groups is 1. The Morgan fingerprint density at radius 3 is 3.19 bits per heavy atom. The molecule has 0 unspecified atom stereocenters. The highest BCUT2D eigenvalue weighted by Crippen LogP contribution is 2.28. The summed E-state index contributed by atoms with van der Waals surface area (Å²) in [7, 11) is 0. The first-order valence-electron chi connectivity index (χ1n) is 5.22. The summed E-state index contributed by atoms with van der Waals surface area (Å²) in [4.78, 5) is 17.1. The van der Waals surface area contributed by atoms with Crippen LogP contribution in [0.25, 0.3) is 0 Å². The predicted octanol–water partition coefficient (Wildman–Crippen LogP) is 2.38. The smallest absolute Gasteiger partial charge is 0.219 e. The Morgan fingerprint density at radius 1 is 1.50 bits per heavy atom. The molecule has 0 spiro atoms. The Morgan fingerprint density at radius 2 is 2.44 bits per heavy atom. The number of rotatable bonds is 2. The zero-order chi connectivity index (χ0) is 11.0. The van der Waals surface area contributed by atoms with Gasteiger partial charge in [-0.3, -0.25) is 4.79 Å². The molecule has 0 radical (unpaired) electrons. The molecule has 0 bridgehead atoms. The SMILES string of the molecule is O=C(c1ccc[nH]1)c1cc2c(s1)CCOC2. The molecule has 1 aliphatic rings. The first kappa shape index (κ1) is 9.81. The van der Waals surface area contributed by atoms with Crippen LogP contribution in [-0.4, -0.2) is 17.4 Å². The number of thiophene rings is 1. The Balaban J connectivity index is 1.95. The Labute approximate surface area is 97.1 Å². The lowest BCUT2D eigenvalue weighted by molar-refractivity contribution is 0.103. The van der Waals surface area contributed by atoms with E-state index in [2.05, 4.69) is 4.98 Å². The van der Waals surface area contributed by atoms with Gasteiger partial charge in [0.25, 0.3) is 0 Å². The summed E-state index contributed by atoms with van der Waals surface area (Å²) >= 11 is 1.59. The van der Waals surface area contributed by atoms with Crippen molar-refractivity contribution in [1.29, 1.82) is 0 Å². The lowest BCUT2D eigenvalue weighted by atomic mass is 10.1. The molecule has 0 atom stereocenters. The first-order valence-corrected chi connectivity index (χ1v) is 6.03. The van der Waals surface area contributed by atoms with Crippen LogP contribution in [0.2, 0.25) is 0 Å². The van der Waals surface area contributed by atoms with Crippen LogP contribution in [0.3, 0.4) is 0 Å². The second-order valence-corrected chi connectivity index (χ2v) is 4.91. The third-order valence-electron chi connectivity index (χ3n) is 2.69. The van der Waals surface area contributed by atoms with Gasteiger partial charge in [-0.05, 0) is 23.8 Å². The Bertz CT molecular complexity index is 490. The number of ether oxygens (including phenoxy) is 1. The standard InChI is InChI=1S/C12H11NO2S/c14-12(9-2-1-4-13-9)11-6-8-7-15-5-3-10(8)16-11/h1-2,4,6,13H,3,5,7H2. The zero-order valence-electron chi connectivity index (χ0n) is 8.66. The van der Waals surface area contributed by atoms with Crippen LogP contribution in [-0.2, 0) is 17.8 Å². The number of nitrogens with one attached hydrogen (secondary N) is 1. The molecular weight excluding hydrogens is 222 g/mol. The second kappa shape index (κ2) is 3.88. The van der Waals surface area contributed by atoms with Crippen molar-refractivity contribution in [2.75, 3.05) is 6.61 Å². The van der Waals surface area contributed by atoms with Gasteiger partial charge in [-0.25, -0.2) is 0 Å². The summed E-state index contributed by atoms with van der Waals surface area (Å²) in [6.07, 6.45) is 2.70. The van der Waals surface area contributed by atoms with Gasteiger partial charge in [0.05, 0.1) is 23.8 Å². The maximum atomic E-state index is 12.1. The highest BCUT2D eigenvalue weighted by molar-refractivity contribution is 7.14. The number of hydrogen-bond donors (Lipinski definition) is 1. The van der Waals surface area contributed by atoms with E-state index in [1.54, 1.807) is 23.6 Å². The van der Waals surface area contributed by atoms with Crippen LogP contribution < -0.4 is 0 Å². The van der Waals surface area contributed by atoms with Gasteiger partial charge < -0.3 is 9.72 Å². The van der Waals surface area contributed by atoms with Crippen molar-refractivity contribution < 1.29 is 9.53 Å². The largest absolute Gasteiger partial charge is 0.376 e. The molecule has 3 rings (SSSR count). The van der Waals surface area contributed by atoms with E-state index in [0.29, 0.717) is 12.3 Å². The summed E-state index contributed by atoms with van der Waals surface area (Å²) in [5.74, 6) is 0.0735. The maximum Gasteiger partial charge on any atom is 0.219 e. The number of H-pyrrole nitrogens is 1. The summed E-state index contributed by atoms with van der Waals surface area (Å²) in [6, 6.07) is 5.60. The van der Waals surface area contributed by atoms with Crippen LogP contribution in [0.5, 0.6) is 0 Å². The number of aromatic nitrogens is 1. The molecule has 1 aliphatic heterocycles. The fourth-order valence-corrected chi connectivity index (χ4v) is 2.97. The van der Waals surface area contributed by atoms with E-state index in [9.17, 15) is 4.79 Å². The molecule has 1 N–H and O–H groups in total. The lowest BCUT2D eigenvalue weighted by Gasteiger charge is -2.10. The van der Waals surface area contributed by atoms with Gasteiger partial charge in [0.1, 0.15) is 0 Å². The van der Waals surface area contributed by atoms with Gasteiger partial charge in [-0.15, -0.1) is 11.3 Å². The van der Waals surface area contributed by atoms with Gasteiger partial charge in [0.2, 0.25) is 5.78 Å². The topological polar surface area (TPSA) is 42.1 Å². The molecule has 16 heavy (non-hydrogen) atoms. The molecule has 0 saturated heterocycles. The van der Waals surface area contributed by atoms with Crippen molar-refractivity contribution in [2.24, 2.45) is 0 Å². The number of aromatic amines is 1. The summed E-state index contributed by atoms with van der Waals surface area (Å²) in [5.41, 5.74) is 1.82. The van der Waals surface area contributed by atoms with E-state index in [-0.39, 0.29) is 5.78 Å². The van der Waals surface area contributed by atoms with Crippen molar-refractivity contribution in [3.63, 3.8) is 0 Å². The first-order chi connectivity index (χ1) is 7.84. The maximum absolute atomic E-state index is 12.1.